The molecule has 174 valence electrons. The van der Waals surface area contributed by atoms with Gasteiger partial charge in [0.1, 0.15) is 22.9 Å². The summed E-state index contributed by atoms with van der Waals surface area (Å²) in [4.78, 5) is 13.8. The number of hydrogen-bond acceptors (Lipinski definition) is 7. The molecule has 0 bridgehead atoms. The molecular weight excluding hydrogens is 452 g/mol. The third kappa shape index (κ3) is 3.90. The highest BCUT2D eigenvalue weighted by molar-refractivity contribution is 5.99. The van der Waals surface area contributed by atoms with Crippen molar-refractivity contribution in [3.05, 3.63) is 103 Å². The summed E-state index contributed by atoms with van der Waals surface area (Å²) >= 11 is 0. The quantitative estimate of drug-likeness (QED) is 0.278. The molecule has 3 aromatic heterocycles. The SMILES string of the molecule is Oc1cc(O)c2ccccc2c1/N=N/c1ccc2c(c1)nc(-c1ccccn1)n2Cc1ccccn1. The van der Waals surface area contributed by atoms with Gasteiger partial charge in [0.05, 0.1) is 29.0 Å². The number of phenols is 2. The van der Waals surface area contributed by atoms with Gasteiger partial charge in [-0.3, -0.25) is 9.97 Å². The lowest BCUT2D eigenvalue weighted by atomic mass is 10.1. The minimum Gasteiger partial charge on any atom is -0.507 e. The average Bonchev–Trinajstić information content (AvgIpc) is 3.27. The summed E-state index contributed by atoms with van der Waals surface area (Å²) in [5.74, 6) is 0.574. The maximum Gasteiger partial charge on any atom is 0.160 e. The van der Waals surface area contributed by atoms with E-state index in [0.717, 1.165) is 28.2 Å². The van der Waals surface area contributed by atoms with Crippen molar-refractivity contribution < 1.29 is 10.2 Å². The Balaban J connectivity index is 1.44. The van der Waals surface area contributed by atoms with Crippen molar-refractivity contribution in [2.45, 2.75) is 6.54 Å². The molecule has 3 aromatic carbocycles. The molecule has 2 N–H and O–H groups in total. The molecule has 0 amide bonds. The van der Waals surface area contributed by atoms with Gasteiger partial charge in [-0.05, 0) is 42.5 Å². The van der Waals surface area contributed by atoms with Crippen LogP contribution in [0.4, 0.5) is 11.4 Å². The predicted octanol–water partition coefficient (Wildman–Crippen LogP) is 6.52. The summed E-state index contributed by atoms with van der Waals surface area (Å²) in [7, 11) is 0. The van der Waals surface area contributed by atoms with Gasteiger partial charge < -0.3 is 14.8 Å². The molecule has 0 radical (unpaired) electrons. The van der Waals surface area contributed by atoms with E-state index in [0.29, 0.717) is 28.7 Å². The first kappa shape index (κ1) is 21.4. The molecule has 6 aromatic rings. The summed E-state index contributed by atoms with van der Waals surface area (Å²) in [5.41, 5.74) is 4.19. The molecule has 0 unspecified atom stereocenters. The summed E-state index contributed by atoms with van der Waals surface area (Å²) in [6, 6.07) is 25.7. The molecular formula is C28H20N6O2. The summed E-state index contributed by atoms with van der Waals surface area (Å²) in [6.07, 6.45) is 3.52. The third-order valence-corrected chi connectivity index (χ3v) is 5.91. The van der Waals surface area contributed by atoms with E-state index in [2.05, 4.69) is 24.8 Å². The first-order valence-electron chi connectivity index (χ1n) is 11.3. The predicted molar refractivity (Wildman–Crippen MR) is 138 cm³/mol. The molecule has 8 nitrogen and oxygen atoms in total. The zero-order chi connectivity index (χ0) is 24.5. The Morgan fingerprint density at radius 1 is 0.722 bits per heavy atom. The van der Waals surface area contributed by atoms with E-state index in [1.165, 1.54) is 6.07 Å². The lowest BCUT2D eigenvalue weighted by Gasteiger charge is -2.08. The molecule has 36 heavy (non-hydrogen) atoms. The summed E-state index contributed by atoms with van der Waals surface area (Å²) in [5, 5.41) is 30.4. The van der Waals surface area contributed by atoms with Crippen molar-refractivity contribution in [2.75, 3.05) is 0 Å². The Hall–Kier alpha value is -5.11. The number of imidazole rings is 1. The normalized spacial score (nSPS) is 11.6. The molecule has 0 aliphatic heterocycles. The lowest BCUT2D eigenvalue weighted by molar-refractivity contribution is 0.456. The highest BCUT2D eigenvalue weighted by Gasteiger charge is 2.15. The fraction of sp³-hybridized carbons (Fsp3) is 0.0357. The molecule has 0 spiro atoms. The van der Waals surface area contributed by atoms with E-state index in [1.54, 1.807) is 24.5 Å². The smallest absolute Gasteiger partial charge is 0.160 e. The Morgan fingerprint density at radius 2 is 1.50 bits per heavy atom. The van der Waals surface area contributed by atoms with Gasteiger partial charge in [0, 0.05) is 29.2 Å². The highest BCUT2D eigenvalue weighted by Crippen LogP contribution is 2.41. The largest absolute Gasteiger partial charge is 0.507 e. The van der Waals surface area contributed by atoms with Crippen LogP contribution < -0.4 is 0 Å². The summed E-state index contributed by atoms with van der Waals surface area (Å²) < 4.78 is 2.08. The molecule has 0 aliphatic carbocycles. The third-order valence-electron chi connectivity index (χ3n) is 5.91. The van der Waals surface area contributed by atoms with Crippen LogP contribution >= 0.6 is 0 Å². The van der Waals surface area contributed by atoms with Crippen molar-refractivity contribution in [1.82, 2.24) is 19.5 Å². The first-order valence-corrected chi connectivity index (χ1v) is 11.3. The van der Waals surface area contributed by atoms with E-state index in [-0.39, 0.29) is 11.5 Å². The van der Waals surface area contributed by atoms with Crippen LogP contribution in [0.25, 0.3) is 33.3 Å². The molecule has 6 rings (SSSR count). The van der Waals surface area contributed by atoms with Gasteiger partial charge in [-0.1, -0.05) is 36.4 Å². The van der Waals surface area contributed by atoms with Gasteiger partial charge >= 0.3 is 0 Å². The second-order valence-electron chi connectivity index (χ2n) is 8.24. The van der Waals surface area contributed by atoms with Crippen LogP contribution in [0.1, 0.15) is 5.69 Å². The minimum absolute atomic E-state index is 0.0102. The van der Waals surface area contributed by atoms with Crippen molar-refractivity contribution in [3.8, 4) is 23.0 Å². The second-order valence-corrected chi connectivity index (χ2v) is 8.24. The Bertz CT molecular complexity index is 1730. The minimum atomic E-state index is -0.145. The maximum absolute atomic E-state index is 10.4. The fourth-order valence-electron chi connectivity index (χ4n) is 4.22. The molecule has 8 heteroatoms. The highest BCUT2D eigenvalue weighted by atomic mass is 16.3. The van der Waals surface area contributed by atoms with Crippen LogP contribution in [0.3, 0.4) is 0 Å². The second kappa shape index (κ2) is 8.92. The molecule has 0 saturated heterocycles. The van der Waals surface area contributed by atoms with Crippen LogP contribution in [-0.4, -0.2) is 29.7 Å². The van der Waals surface area contributed by atoms with Gasteiger partial charge in [-0.15, -0.1) is 5.11 Å². The molecule has 0 saturated carbocycles. The number of fused-ring (bicyclic) bond motifs is 2. The number of aromatic hydroxyl groups is 2. The van der Waals surface area contributed by atoms with Crippen LogP contribution in [0.15, 0.2) is 108 Å². The number of benzene rings is 3. The average molecular weight is 473 g/mol. The van der Waals surface area contributed by atoms with Gasteiger partial charge in [0.2, 0.25) is 0 Å². The van der Waals surface area contributed by atoms with E-state index >= 15 is 0 Å². The molecule has 0 atom stereocenters. The van der Waals surface area contributed by atoms with E-state index < -0.39 is 0 Å². The van der Waals surface area contributed by atoms with Gasteiger partial charge in [0.25, 0.3) is 0 Å². The lowest BCUT2D eigenvalue weighted by Crippen LogP contribution is -2.04. The number of rotatable bonds is 5. The Kier molecular flexibility index (Phi) is 5.31. The zero-order valence-electron chi connectivity index (χ0n) is 19.0. The van der Waals surface area contributed by atoms with Crippen LogP contribution in [-0.2, 0) is 6.54 Å². The molecule has 0 fully saturated rings. The number of aromatic nitrogens is 4. The summed E-state index contributed by atoms with van der Waals surface area (Å²) in [6.45, 7) is 0.539. The Labute approximate surface area is 205 Å². The van der Waals surface area contributed by atoms with Crippen molar-refractivity contribution >= 4 is 33.2 Å². The number of nitrogens with zero attached hydrogens (tertiary/aromatic N) is 6. The van der Waals surface area contributed by atoms with E-state index in [1.807, 2.05) is 66.7 Å². The zero-order valence-corrected chi connectivity index (χ0v) is 19.0. The van der Waals surface area contributed by atoms with Gasteiger partial charge in [-0.2, -0.15) is 5.11 Å². The van der Waals surface area contributed by atoms with E-state index in [9.17, 15) is 10.2 Å². The van der Waals surface area contributed by atoms with E-state index in [4.69, 9.17) is 4.98 Å². The number of pyridine rings is 2. The standard InChI is InChI=1S/C28H20N6O2/c35-25-16-26(36)27(21-9-2-1-8-20(21)25)33-32-18-11-12-24-23(15-18)31-28(22-10-4-6-14-30-22)34(24)17-19-7-3-5-13-29-19/h1-16,35-36H,17H2/b33-32+. The first-order chi connectivity index (χ1) is 17.7. The van der Waals surface area contributed by atoms with Crippen LogP contribution in [0, 0.1) is 0 Å². The van der Waals surface area contributed by atoms with Crippen LogP contribution in [0.5, 0.6) is 11.5 Å². The molecule has 3 heterocycles. The fourth-order valence-corrected chi connectivity index (χ4v) is 4.22. The van der Waals surface area contributed by atoms with Gasteiger partial charge in [0.15, 0.2) is 5.82 Å². The molecule has 0 aliphatic rings. The van der Waals surface area contributed by atoms with Crippen molar-refractivity contribution in [2.24, 2.45) is 10.2 Å². The Morgan fingerprint density at radius 3 is 2.28 bits per heavy atom. The number of azo groups is 1. The van der Waals surface area contributed by atoms with Crippen molar-refractivity contribution in [3.63, 3.8) is 0 Å². The number of phenolic OH excluding ortho intramolecular Hbond substituents is 2. The van der Waals surface area contributed by atoms with Gasteiger partial charge in [-0.25, -0.2) is 4.98 Å². The maximum atomic E-state index is 10.4. The van der Waals surface area contributed by atoms with Crippen molar-refractivity contribution in [1.29, 1.82) is 0 Å². The van der Waals surface area contributed by atoms with Crippen LogP contribution in [0.2, 0.25) is 0 Å². The topological polar surface area (TPSA) is 109 Å². The monoisotopic (exact) mass is 472 g/mol. The number of hydrogen-bond donors (Lipinski definition) is 2.